The monoisotopic (exact) mass is 404 g/mol. The second kappa shape index (κ2) is 7.87. The first kappa shape index (κ1) is 18.7. The normalized spacial score (nSPS) is 16.4. The maximum Gasteiger partial charge on any atom is 0.231 e. The number of carbonyl (C=O) groups excluding carboxylic acids is 1. The number of hydrogen-bond donors (Lipinski definition) is 2. The van der Waals surface area contributed by atoms with Crippen molar-refractivity contribution < 1.29 is 9.90 Å². The van der Waals surface area contributed by atoms with Crippen LogP contribution in [-0.4, -0.2) is 50.7 Å². The van der Waals surface area contributed by atoms with Crippen LogP contribution < -0.4 is 10.2 Å². The maximum atomic E-state index is 12.5. The van der Waals surface area contributed by atoms with Crippen LogP contribution in [0.15, 0.2) is 48.7 Å². The molecule has 0 radical (unpaired) electrons. The van der Waals surface area contributed by atoms with Crippen LogP contribution in [0.4, 0.5) is 11.5 Å². The molecule has 2 aromatic heterocycles. The fourth-order valence-electron chi connectivity index (χ4n) is 3.78. The van der Waals surface area contributed by atoms with Gasteiger partial charge in [-0.1, -0.05) is 12.1 Å². The van der Waals surface area contributed by atoms with Crippen molar-refractivity contribution in [1.82, 2.24) is 20.0 Å². The summed E-state index contributed by atoms with van der Waals surface area (Å²) < 4.78 is 1.87. The van der Waals surface area contributed by atoms with Crippen LogP contribution in [0.3, 0.4) is 0 Å². The minimum atomic E-state index is -0.0567. The second-order valence-electron chi connectivity index (χ2n) is 7.93. The van der Waals surface area contributed by atoms with E-state index in [1.54, 1.807) is 6.20 Å². The molecule has 1 saturated heterocycles. The van der Waals surface area contributed by atoms with Crippen LogP contribution in [0.2, 0.25) is 0 Å². The van der Waals surface area contributed by atoms with Crippen molar-refractivity contribution in [3.05, 3.63) is 54.4 Å². The van der Waals surface area contributed by atoms with E-state index in [0.717, 1.165) is 28.5 Å². The lowest BCUT2D eigenvalue weighted by Crippen LogP contribution is -2.52. The van der Waals surface area contributed by atoms with E-state index in [-0.39, 0.29) is 18.4 Å². The summed E-state index contributed by atoms with van der Waals surface area (Å²) in [6, 6.07) is 13.7. The number of amides is 1. The summed E-state index contributed by atoms with van der Waals surface area (Å²) in [6.45, 7) is 1.82. The highest BCUT2D eigenvalue weighted by Crippen LogP contribution is 2.40. The molecular weight excluding hydrogens is 380 g/mol. The maximum absolute atomic E-state index is 12.5. The molecule has 8 heteroatoms. The molecule has 1 aromatic carbocycles. The number of carbonyl (C=O) groups is 1. The molecule has 1 saturated carbocycles. The van der Waals surface area contributed by atoms with Crippen LogP contribution in [0.5, 0.6) is 0 Å². The molecule has 5 rings (SSSR count). The third-order valence-electron chi connectivity index (χ3n) is 5.69. The predicted octanol–water partition coefficient (Wildman–Crippen LogP) is 2.28. The Morgan fingerprint density at radius 1 is 1.17 bits per heavy atom. The van der Waals surface area contributed by atoms with Gasteiger partial charge in [-0.2, -0.15) is 10.2 Å². The summed E-state index contributed by atoms with van der Waals surface area (Å²) in [7, 11) is 0. The van der Waals surface area contributed by atoms with E-state index in [0.29, 0.717) is 25.6 Å². The summed E-state index contributed by atoms with van der Waals surface area (Å²) >= 11 is 0. The van der Waals surface area contributed by atoms with Crippen LogP contribution in [-0.2, 0) is 11.3 Å². The van der Waals surface area contributed by atoms with Gasteiger partial charge < -0.3 is 15.3 Å². The van der Waals surface area contributed by atoms with Gasteiger partial charge in [-0.15, -0.1) is 5.10 Å². The molecule has 2 N–H and O–H groups in total. The minimum Gasteiger partial charge on any atom is -0.394 e. The van der Waals surface area contributed by atoms with Crippen LogP contribution in [0.1, 0.15) is 24.5 Å². The Balaban J connectivity index is 1.22. The first-order chi connectivity index (χ1) is 14.7. The molecule has 0 spiro atoms. The van der Waals surface area contributed by atoms with E-state index in [1.165, 1.54) is 12.8 Å². The molecule has 154 valence electrons. The summed E-state index contributed by atoms with van der Waals surface area (Å²) in [6.07, 6.45) is 4.02. The average Bonchev–Trinajstić information content (AvgIpc) is 3.49. The largest absolute Gasteiger partial charge is 0.394 e. The number of nitrogens with zero attached hydrogens (tertiary/aromatic N) is 5. The third kappa shape index (κ3) is 3.78. The van der Waals surface area contributed by atoms with Crippen LogP contribution >= 0.6 is 0 Å². The van der Waals surface area contributed by atoms with Gasteiger partial charge in [-0.25, -0.2) is 0 Å². The quantitative estimate of drug-likeness (QED) is 0.627. The first-order valence-corrected chi connectivity index (χ1v) is 10.3. The van der Waals surface area contributed by atoms with Crippen LogP contribution in [0, 0.1) is 5.92 Å². The van der Waals surface area contributed by atoms with Gasteiger partial charge in [-0.05, 0) is 48.7 Å². The summed E-state index contributed by atoms with van der Waals surface area (Å²) in [5.74, 6) is 1.32. The zero-order valence-electron chi connectivity index (χ0n) is 16.6. The van der Waals surface area contributed by atoms with E-state index in [1.807, 2.05) is 46.0 Å². The van der Waals surface area contributed by atoms with E-state index >= 15 is 0 Å². The number of nitrogens with one attached hydrogen (secondary N) is 1. The lowest BCUT2D eigenvalue weighted by atomic mass is 9.99. The first-order valence-electron chi connectivity index (χ1n) is 10.3. The van der Waals surface area contributed by atoms with E-state index in [4.69, 9.17) is 0 Å². The van der Waals surface area contributed by atoms with Crippen molar-refractivity contribution in [2.75, 3.05) is 29.9 Å². The van der Waals surface area contributed by atoms with E-state index in [9.17, 15) is 9.90 Å². The Morgan fingerprint density at radius 3 is 2.63 bits per heavy atom. The highest BCUT2D eigenvalue weighted by Gasteiger charge is 2.33. The van der Waals surface area contributed by atoms with Gasteiger partial charge in [-0.3, -0.25) is 9.48 Å². The van der Waals surface area contributed by atoms with E-state index in [2.05, 4.69) is 26.7 Å². The SMILES string of the molecule is O=C(Nc1ccc(-c2cc(C3CC3)nn2CCO)cc1)C1CN(c2cccnn2)C1. The Hall–Kier alpha value is -3.26. The number of aliphatic hydroxyl groups excluding tert-OH is 1. The lowest BCUT2D eigenvalue weighted by molar-refractivity contribution is -0.120. The van der Waals surface area contributed by atoms with Crippen molar-refractivity contribution in [1.29, 1.82) is 0 Å². The fourth-order valence-corrected chi connectivity index (χ4v) is 3.78. The molecule has 1 aliphatic carbocycles. The van der Waals surface area contributed by atoms with Crippen molar-refractivity contribution >= 4 is 17.4 Å². The number of aliphatic hydroxyl groups is 1. The smallest absolute Gasteiger partial charge is 0.231 e. The molecule has 2 fully saturated rings. The molecule has 1 aliphatic heterocycles. The number of benzene rings is 1. The molecule has 1 amide bonds. The number of anilines is 2. The van der Waals surface area contributed by atoms with Gasteiger partial charge in [0.1, 0.15) is 0 Å². The van der Waals surface area contributed by atoms with E-state index < -0.39 is 0 Å². The second-order valence-corrected chi connectivity index (χ2v) is 7.93. The summed E-state index contributed by atoms with van der Waals surface area (Å²) in [4.78, 5) is 14.6. The lowest BCUT2D eigenvalue weighted by Gasteiger charge is -2.38. The zero-order chi connectivity index (χ0) is 20.5. The van der Waals surface area contributed by atoms with Crippen molar-refractivity contribution in [2.24, 2.45) is 5.92 Å². The summed E-state index contributed by atoms with van der Waals surface area (Å²) in [5.41, 5.74) is 3.91. The number of aromatic nitrogens is 4. The molecule has 0 unspecified atom stereocenters. The number of rotatable bonds is 7. The molecule has 3 heterocycles. The predicted molar refractivity (Wildman–Crippen MR) is 113 cm³/mol. The molecule has 2 aliphatic rings. The zero-order valence-corrected chi connectivity index (χ0v) is 16.6. The minimum absolute atomic E-state index is 0.0178. The van der Waals surface area contributed by atoms with Gasteiger partial charge in [0.05, 0.1) is 30.5 Å². The Kier molecular flexibility index (Phi) is 4.92. The van der Waals surface area contributed by atoms with Crippen molar-refractivity contribution in [3.63, 3.8) is 0 Å². The fraction of sp³-hybridized carbons (Fsp3) is 0.364. The molecule has 0 bridgehead atoms. The molecule has 3 aromatic rings. The molecule has 0 atom stereocenters. The molecule has 8 nitrogen and oxygen atoms in total. The van der Waals surface area contributed by atoms with Gasteiger partial charge in [0.2, 0.25) is 5.91 Å². The Morgan fingerprint density at radius 2 is 1.97 bits per heavy atom. The van der Waals surface area contributed by atoms with Gasteiger partial charge in [0, 0.05) is 30.9 Å². The summed E-state index contributed by atoms with van der Waals surface area (Å²) in [5, 5.41) is 25.0. The molecule has 30 heavy (non-hydrogen) atoms. The van der Waals surface area contributed by atoms with Crippen LogP contribution in [0.25, 0.3) is 11.3 Å². The van der Waals surface area contributed by atoms with Crippen molar-refractivity contribution in [3.8, 4) is 11.3 Å². The van der Waals surface area contributed by atoms with Gasteiger partial charge in [0.15, 0.2) is 5.82 Å². The topological polar surface area (TPSA) is 96.2 Å². The highest BCUT2D eigenvalue weighted by atomic mass is 16.3. The number of hydrogen-bond acceptors (Lipinski definition) is 6. The Labute approximate surface area is 174 Å². The standard InChI is InChI=1S/C22H24N6O2/c29-11-10-28-20(12-19(26-28)15-3-4-15)16-5-7-18(8-6-16)24-22(30)17-13-27(14-17)21-2-1-9-23-25-21/h1-2,5-9,12,15,17,29H,3-4,10-11,13-14H2,(H,24,30). The average molecular weight is 404 g/mol. The van der Waals surface area contributed by atoms with Crippen molar-refractivity contribution in [2.45, 2.75) is 25.3 Å². The third-order valence-corrected chi connectivity index (χ3v) is 5.69. The molecular formula is C22H24N6O2. The van der Waals surface area contributed by atoms with Gasteiger partial charge in [0.25, 0.3) is 0 Å². The Bertz CT molecular complexity index is 1020. The highest BCUT2D eigenvalue weighted by molar-refractivity contribution is 5.94. The van der Waals surface area contributed by atoms with Gasteiger partial charge >= 0.3 is 0 Å².